The number of nitrogens with one attached hydrogen (secondary N) is 1. The van der Waals surface area contributed by atoms with Crippen LogP contribution in [0.3, 0.4) is 0 Å². The van der Waals surface area contributed by atoms with Gasteiger partial charge in [-0.25, -0.2) is 9.18 Å². The van der Waals surface area contributed by atoms with Gasteiger partial charge in [0.05, 0.1) is 5.41 Å². The van der Waals surface area contributed by atoms with Crippen LogP contribution in [-0.2, 0) is 26.2 Å². The van der Waals surface area contributed by atoms with Crippen LogP contribution >= 0.6 is 0 Å². The number of hydrogen-bond acceptors (Lipinski definition) is 3. The zero-order valence-electron chi connectivity index (χ0n) is 14.9. The zero-order chi connectivity index (χ0) is 19.3. The fraction of sp³-hybridized carbons (Fsp3) is 0.333. The predicted molar refractivity (Wildman–Crippen MR) is 97.8 cm³/mol. The lowest BCUT2D eigenvalue weighted by Gasteiger charge is -2.37. The molecule has 3 rings (SSSR count). The van der Waals surface area contributed by atoms with E-state index in [1.807, 2.05) is 30.3 Å². The van der Waals surface area contributed by atoms with Gasteiger partial charge in [0, 0.05) is 19.6 Å². The summed E-state index contributed by atoms with van der Waals surface area (Å²) in [5.74, 6) is -1.93. The predicted octanol–water partition coefficient (Wildman–Crippen LogP) is 2.69. The quantitative estimate of drug-likeness (QED) is 0.819. The van der Waals surface area contributed by atoms with E-state index < -0.39 is 29.2 Å². The highest BCUT2D eigenvalue weighted by molar-refractivity contribution is 5.91. The maximum Gasteiger partial charge on any atom is 0.326 e. The molecule has 0 spiro atoms. The molecule has 2 N–H and O–H groups in total. The summed E-state index contributed by atoms with van der Waals surface area (Å²) in [7, 11) is 0. The highest BCUT2D eigenvalue weighted by Gasteiger charge is 2.43. The minimum absolute atomic E-state index is 0.178. The van der Waals surface area contributed by atoms with E-state index >= 15 is 0 Å². The van der Waals surface area contributed by atoms with Gasteiger partial charge >= 0.3 is 5.97 Å². The number of benzene rings is 2. The third-order valence-electron chi connectivity index (χ3n) is 5.04. The third kappa shape index (κ3) is 4.34. The van der Waals surface area contributed by atoms with Crippen molar-refractivity contribution in [2.24, 2.45) is 0 Å². The van der Waals surface area contributed by atoms with E-state index in [0.29, 0.717) is 31.6 Å². The lowest BCUT2D eigenvalue weighted by molar-refractivity contribution is -0.143. The number of halogens is 1. The van der Waals surface area contributed by atoms with Gasteiger partial charge in [-0.1, -0.05) is 42.5 Å². The lowest BCUT2D eigenvalue weighted by atomic mass is 9.73. The Morgan fingerprint density at radius 2 is 1.81 bits per heavy atom. The summed E-state index contributed by atoms with van der Waals surface area (Å²) >= 11 is 0. The van der Waals surface area contributed by atoms with Crippen molar-refractivity contribution in [3.05, 3.63) is 71.5 Å². The van der Waals surface area contributed by atoms with Gasteiger partial charge < -0.3 is 15.2 Å². The van der Waals surface area contributed by atoms with Crippen LogP contribution in [0.25, 0.3) is 0 Å². The van der Waals surface area contributed by atoms with Crippen molar-refractivity contribution in [3.8, 4) is 0 Å². The van der Waals surface area contributed by atoms with Crippen LogP contribution in [-0.4, -0.2) is 36.2 Å². The molecule has 27 heavy (non-hydrogen) atoms. The minimum atomic E-state index is -1.10. The number of aliphatic carboxylic acids is 1. The highest BCUT2D eigenvalue weighted by atomic mass is 19.1. The molecule has 0 aliphatic carbocycles. The van der Waals surface area contributed by atoms with Gasteiger partial charge in [-0.2, -0.15) is 0 Å². The number of ether oxygens (including phenoxy) is 1. The topological polar surface area (TPSA) is 75.6 Å². The molecule has 1 amide bonds. The van der Waals surface area contributed by atoms with E-state index in [-0.39, 0.29) is 6.42 Å². The van der Waals surface area contributed by atoms with Crippen LogP contribution in [0.4, 0.5) is 4.39 Å². The van der Waals surface area contributed by atoms with Crippen LogP contribution in [0.2, 0.25) is 0 Å². The number of carbonyl (C=O) groups is 2. The molecular formula is C21H22FNO4. The summed E-state index contributed by atoms with van der Waals surface area (Å²) in [6.45, 7) is 0.723. The second kappa shape index (κ2) is 8.31. The Balaban J connectivity index is 1.86. The molecule has 1 saturated heterocycles. The molecule has 0 radical (unpaired) electrons. The van der Waals surface area contributed by atoms with E-state index in [2.05, 4.69) is 5.32 Å². The largest absolute Gasteiger partial charge is 0.480 e. The standard InChI is InChI=1S/C21H22FNO4/c22-17-8-4-7-16(14-17)21(9-11-27-12-10-21)20(26)23-18(19(24)25)13-15-5-2-1-3-6-15/h1-8,14,18H,9-13H2,(H,23,26)(H,24,25). The zero-order valence-corrected chi connectivity index (χ0v) is 14.9. The van der Waals surface area contributed by atoms with Crippen molar-refractivity contribution >= 4 is 11.9 Å². The summed E-state index contributed by atoms with van der Waals surface area (Å²) in [6.07, 6.45) is 0.928. The van der Waals surface area contributed by atoms with Gasteiger partial charge in [0.25, 0.3) is 0 Å². The first-order chi connectivity index (χ1) is 13.0. The van der Waals surface area contributed by atoms with Crippen LogP contribution in [0.15, 0.2) is 54.6 Å². The van der Waals surface area contributed by atoms with Crippen molar-refractivity contribution < 1.29 is 23.8 Å². The molecule has 142 valence electrons. The third-order valence-corrected chi connectivity index (χ3v) is 5.04. The SMILES string of the molecule is O=C(O)C(Cc1ccccc1)NC(=O)C1(c2cccc(F)c2)CCOCC1. The molecule has 1 aliphatic heterocycles. The first-order valence-electron chi connectivity index (χ1n) is 8.93. The molecule has 1 unspecified atom stereocenters. The molecule has 1 heterocycles. The Morgan fingerprint density at radius 3 is 2.44 bits per heavy atom. The second-order valence-corrected chi connectivity index (χ2v) is 6.76. The van der Waals surface area contributed by atoms with Crippen molar-refractivity contribution in [1.82, 2.24) is 5.32 Å². The number of hydrogen-bond donors (Lipinski definition) is 2. The molecule has 0 saturated carbocycles. The van der Waals surface area contributed by atoms with Crippen molar-refractivity contribution in [2.45, 2.75) is 30.7 Å². The fourth-order valence-electron chi connectivity index (χ4n) is 3.50. The number of carboxylic acids is 1. The maximum absolute atomic E-state index is 13.8. The highest BCUT2D eigenvalue weighted by Crippen LogP contribution is 2.35. The molecule has 5 nitrogen and oxygen atoms in total. The molecule has 6 heteroatoms. The lowest BCUT2D eigenvalue weighted by Crippen LogP contribution is -2.53. The van der Waals surface area contributed by atoms with E-state index in [4.69, 9.17) is 4.74 Å². The normalized spacial score (nSPS) is 17.1. The Kier molecular flexibility index (Phi) is 5.86. The monoisotopic (exact) mass is 371 g/mol. The second-order valence-electron chi connectivity index (χ2n) is 6.76. The van der Waals surface area contributed by atoms with Gasteiger partial charge in [-0.3, -0.25) is 4.79 Å². The van der Waals surface area contributed by atoms with Gasteiger partial charge in [-0.05, 0) is 36.1 Å². The van der Waals surface area contributed by atoms with Crippen molar-refractivity contribution in [3.63, 3.8) is 0 Å². The fourth-order valence-corrected chi connectivity index (χ4v) is 3.50. The van der Waals surface area contributed by atoms with Crippen molar-refractivity contribution in [2.75, 3.05) is 13.2 Å². The van der Waals surface area contributed by atoms with Crippen LogP contribution in [0.1, 0.15) is 24.0 Å². The molecule has 0 aromatic heterocycles. The summed E-state index contributed by atoms with van der Waals surface area (Å²) in [5, 5.41) is 12.3. The van der Waals surface area contributed by atoms with E-state index in [9.17, 15) is 19.1 Å². The van der Waals surface area contributed by atoms with Crippen molar-refractivity contribution in [1.29, 1.82) is 0 Å². The van der Waals surface area contributed by atoms with Gasteiger partial charge in [0.15, 0.2) is 0 Å². The molecule has 1 aliphatic rings. The first kappa shape index (κ1) is 19.0. The molecule has 1 fully saturated rings. The van der Waals surface area contributed by atoms with Crippen LogP contribution < -0.4 is 5.32 Å². The summed E-state index contributed by atoms with van der Waals surface area (Å²) in [6, 6.07) is 14.0. The molecular weight excluding hydrogens is 349 g/mol. The van der Waals surface area contributed by atoms with Gasteiger partial charge in [-0.15, -0.1) is 0 Å². The van der Waals surface area contributed by atoms with Gasteiger partial charge in [0.2, 0.25) is 5.91 Å². The Labute approximate surface area is 157 Å². The molecule has 0 bridgehead atoms. The van der Waals surface area contributed by atoms with Crippen LogP contribution in [0.5, 0.6) is 0 Å². The average molecular weight is 371 g/mol. The number of carbonyl (C=O) groups excluding carboxylic acids is 1. The van der Waals surface area contributed by atoms with E-state index in [1.165, 1.54) is 12.1 Å². The summed E-state index contributed by atoms with van der Waals surface area (Å²) in [4.78, 5) is 24.9. The minimum Gasteiger partial charge on any atom is -0.480 e. The Bertz CT molecular complexity index is 803. The summed E-state index contributed by atoms with van der Waals surface area (Å²) < 4.78 is 19.2. The molecule has 2 aromatic rings. The number of carboxylic acid groups (broad SMARTS) is 1. The van der Waals surface area contributed by atoms with Crippen LogP contribution in [0, 0.1) is 5.82 Å². The number of amides is 1. The molecule has 2 aromatic carbocycles. The Hall–Kier alpha value is -2.73. The number of rotatable bonds is 6. The Morgan fingerprint density at radius 1 is 1.11 bits per heavy atom. The van der Waals surface area contributed by atoms with Gasteiger partial charge in [0.1, 0.15) is 11.9 Å². The molecule has 1 atom stereocenters. The maximum atomic E-state index is 13.8. The summed E-state index contributed by atoms with van der Waals surface area (Å²) in [5.41, 5.74) is 0.370. The van der Waals surface area contributed by atoms with E-state index in [0.717, 1.165) is 5.56 Å². The van der Waals surface area contributed by atoms with E-state index in [1.54, 1.807) is 12.1 Å². The average Bonchev–Trinajstić information content (AvgIpc) is 2.68. The smallest absolute Gasteiger partial charge is 0.326 e. The first-order valence-corrected chi connectivity index (χ1v) is 8.93.